The molecule has 0 saturated carbocycles. The number of likely N-dealkylation sites (N-methyl/N-ethyl adjacent to an activating group) is 1. The summed E-state index contributed by atoms with van der Waals surface area (Å²) >= 11 is 6.31. The van der Waals surface area contributed by atoms with Gasteiger partial charge in [-0.05, 0) is 24.6 Å². The molecule has 0 aromatic carbocycles. The van der Waals surface area contributed by atoms with Gasteiger partial charge in [0, 0.05) is 19.8 Å². The number of thioether (sulfide) groups is 1. The number of nitrogens with zero attached hydrogens (tertiary/aromatic N) is 3. The van der Waals surface area contributed by atoms with Crippen LogP contribution in [0, 0.1) is 6.92 Å². The van der Waals surface area contributed by atoms with Crippen molar-refractivity contribution in [3.63, 3.8) is 0 Å². The molecule has 1 aliphatic rings. The minimum Gasteiger partial charge on any atom is -0.366 e. The molecule has 0 spiro atoms. The van der Waals surface area contributed by atoms with Crippen LogP contribution in [0.2, 0.25) is 0 Å². The molecule has 0 aliphatic carbocycles. The average molecular weight is 372 g/mol. The van der Waals surface area contributed by atoms with Crippen molar-refractivity contribution in [1.29, 1.82) is 0 Å². The maximum Gasteiger partial charge on any atom is 0.267 e. The van der Waals surface area contributed by atoms with E-state index in [1.807, 2.05) is 13.0 Å². The molecule has 8 heteroatoms. The van der Waals surface area contributed by atoms with Crippen molar-refractivity contribution in [3.05, 3.63) is 57.4 Å². The van der Waals surface area contributed by atoms with Crippen LogP contribution < -0.4 is 10.9 Å². The molecular formula is C17H16N4O2S2. The number of amides is 1. The zero-order valence-corrected chi connectivity index (χ0v) is 15.4. The molecule has 3 heterocycles. The second-order valence-electron chi connectivity index (χ2n) is 5.52. The molecule has 1 aliphatic heterocycles. The lowest BCUT2D eigenvalue weighted by Crippen LogP contribution is -2.23. The molecule has 3 rings (SSSR count). The highest BCUT2D eigenvalue weighted by Crippen LogP contribution is 2.31. The second kappa shape index (κ2) is 6.81. The summed E-state index contributed by atoms with van der Waals surface area (Å²) in [6, 6.07) is 3.67. The molecule has 128 valence electrons. The van der Waals surface area contributed by atoms with E-state index in [0.29, 0.717) is 32.8 Å². The molecule has 2 aromatic heterocycles. The van der Waals surface area contributed by atoms with Crippen LogP contribution in [0.3, 0.4) is 0 Å². The van der Waals surface area contributed by atoms with Crippen molar-refractivity contribution in [2.45, 2.75) is 6.92 Å². The number of carbonyl (C=O) groups excluding carboxylic acids is 1. The Labute approximate surface area is 154 Å². The standard InChI is InChI=1S/C17H16N4O2S2/c1-4-7-18-14-11(8-12-16(23)20(3)17(24)25-12)15(22)21-9-10(2)5-6-13(21)19-14/h4-6,8-9,18H,1,7H2,2-3H3/b12-8-. The molecule has 1 fully saturated rings. The summed E-state index contributed by atoms with van der Waals surface area (Å²) < 4.78 is 1.94. The third-order valence-electron chi connectivity index (χ3n) is 3.68. The third kappa shape index (κ3) is 3.22. The minimum atomic E-state index is -0.248. The summed E-state index contributed by atoms with van der Waals surface area (Å²) in [6.07, 6.45) is 4.95. The number of rotatable bonds is 4. The van der Waals surface area contributed by atoms with Gasteiger partial charge in [-0.2, -0.15) is 0 Å². The maximum atomic E-state index is 13.0. The fourth-order valence-electron chi connectivity index (χ4n) is 2.37. The molecule has 0 radical (unpaired) electrons. The number of carbonyl (C=O) groups is 1. The molecule has 25 heavy (non-hydrogen) atoms. The van der Waals surface area contributed by atoms with Gasteiger partial charge in [0.05, 0.1) is 10.5 Å². The van der Waals surface area contributed by atoms with Crippen LogP contribution in [0.25, 0.3) is 11.7 Å². The van der Waals surface area contributed by atoms with Gasteiger partial charge in [-0.25, -0.2) is 4.98 Å². The Morgan fingerprint density at radius 3 is 2.80 bits per heavy atom. The zero-order valence-electron chi connectivity index (χ0n) is 13.8. The van der Waals surface area contributed by atoms with E-state index in [9.17, 15) is 9.59 Å². The number of pyridine rings is 1. The largest absolute Gasteiger partial charge is 0.366 e. The van der Waals surface area contributed by atoms with Crippen LogP contribution in [0.1, 0.15) is 11.1 Å². The number of aromatic nitrogens is 2. The Balaban J connectivity index is 2.22. The summed E-state index contributed by atoms with van der Waals surface area (Å²) in [5.74, 6) is 0.188. The van der Waals surface area contributed by atoms with Crippen molar-refractivity contribution in [1.82, 2.24) is 14.3 Å². The Bertz CT molecular complexity index is 994. The van der Waals surface area contributed by atoms with Crippen LogP contribution in [-0.2, 0) is 4.79 Å². The van der Waals surface area contributed by atoms with Crippen LogP contribution >= 0.6 is 24.0 Å². The van der Waals surface area contributed by atoms with E-state index in [1.54, 1.807) is 31.5 Å². The van der Waals surface area contributed by atoms with Crippen LogP contribution in [-0.4, -0.2) is 38.1 Å². The summed E-state index contributed by atoms with van der Waals surface area (Å²) in [5, 5.41) is 3.07. The van der Waals surface area contributed by atoms with E-state index in [2.05, 4.69) is 16.9 Å². The van der Waals surface area contributed by atoms with E-state index in [0.717, 1.165) is 5.56 Å². The van der Waals surface area contributed by atoms with Gasteiger partial charge >= 0.3 is 0 Å². The Morgan fingerprint density at radius 1 is 1.40 bits per heavy atom. The van der Waals surface area contributed by atoms with Crippen molar-refractivity contribution in [2.24, 2.45) is 0 Å². The number of anilines is 1. The summed E-state index contributed by atoms with van der Waals surface area (Å²) in [6.45, 7) is 6.01. The SMILES string of the molecule is C=CCNc1nc2ccc(C)cn2c(=O)c1/C=C1\SC(=S)N(C)C1=O. The van der Waals surface area contributed by atoms with E-state index in [1.165, 1.54) is 21.1 Å². The molecule has 0 bridgehead atoms. The van der Waals surface area contributed by atoms with Gasteiger partial charge < -0.3 is 5.32 Å². The first kappa shape index (κ1) is 17.4. The van der Waals surface area contributed by atoms with Gasteiger partial charge in [-0.1, -0.05) is 36.1 Å². The lowest BCUT2D eigenvalue weighted by molar-refractivity contribution is -0.121. The van der Waals surface area contributed by atoms with E-state index in [-0.39, 0.29) is 11.5 Å². The van der Waals surface area contributed by atoms with Crippen molar-refractivity contribution in [2.75, 3.05) is 18.9 Å². The van der Waals surface area contributed by atoms with Crippen molar-refractivity contribution >= 4 is 51.7 Å². The number of hydrogen-bond donors (Lipinski definition) is 1. The Morgan fingerprint density at radius 2 is 2.16 bits per heavy atom. The number of thiocarbonyl (C=S) groups is 1. The first-order chi connectivity index (χ1) is 11.9. The number of fused-ring (bicyclic) bond motifs is 1. The predicted molar refractivity (Wildman–Crippen MR) is 106 cm³/mol. The Kier molecular flexibility index (Phi) is 4.73. The van der Waals surface area contributed by atoms with Crippen LogP contribution in [0.5, 0.6) is 0 Å². The van der Waals surface area contributed by atoms with Crippen LogP contribution in [0.4, 0.5) is 5.82 Å². The highest BCUT2D eigenvalue weighted by Gasteiger charge is 2.29. The van der Waals surface area contributed by atoms with Gasteiger partial charge in [0.25, 0.3) is 11.5 Å². The van der Waals surface area contributed by atoms with Gasteiger partial charge in [-0.3, -0.25) is 18.9 Å². The second-order valence-corrected chi connectivity index (χ2v) is 7.20. The highest BCUT2D eigenvalue weighted by molar-refractivity contribution is 8.26. The van der Waals surface area contributed by atoms with E-state index in [4.69, 9.17) is 12.2 Å². The summed E-state index contributed by atoms with van der Waals surface area (Å²) in [7, 11) is 1.62. The molecule has 1 amide bonds. The fraction of sp³-hybridized carbons (Fsp3) is 0.176. The molecule has 6 nitrogen and oxygen atoms in total. The predicted octanol–water partition coefficient (Wildman–Crippen LogP) is 2.43. The molecule has 1 saturated heterocycles. The maximum absolute atomic E-state index is 13.0. The van der Waals surface area contributed by atoms with E-state index < -0.39 is 0 Å². The molecule has 1 N–H and O–H groups in total. The zero-order chi connectivity index (χ0) is 18.1. The molecular weight excluding hydrogens is 356 g/mol. The Hall–Kier alpha value is -2.45. The lowest BCUT2D eigenvalue weighted by Gasteiger charge is -2.10. The lowest BCUT2D eigenvalue weighted by atomic mass is 10.2. The van der Waals surface area contributed by atoms with Gasteiger partial charge in [0.15, 0.2) is 0 Å². The highest BCUT2D eigenvalue weighted by atomic mass is 32.2. The minimum absolute atomic E-state index is 0.224. The van der Waals surface area contributed by atoms with Crippen molar-refractivity contribution in [3.8, 4) is 0 Å². The van der Waals surface area contributed by atoms with Crippen LogP contribution in [0.15, 0.2) is 40.7 Å². The third-order valence-corrected chi connectivity index (χ3v) is 5.17. The van der Waals surface area contributed by atoms with Gasteiger partial charge in [0.2, 0.25) is 0 Å². The number of hydrogen-bond acceptors (Lipinski definition) is 6. The molecule has 0 unspecified atom stereocenters. The average Bonchev–Trinajstić information content (AvgIpc) is 2.83. The quantitative estimate of drug-likeness (QED) is 0.505. The molecule has 2 aromatic rings. The topological polar surface area (TPSA) is 66.7 Å². The van der Waals surface area contributed by atoms with Gasteiger partial charge in [-0.15, -0.1) is 6.58 Å². The molecule has 0 atom stereocenters. The number of nitrogens with one attached hydrogen (secondary N) is 1. The summed E-state index contributed by atoms with van der Waals surface area (Å²) in [4.78, 5) is 31.5. The normalized spacial score (nSPS) is 16.1. The van der Waals surface area contributed by atoms with Crippen molar-refractivity contribution < 1.29 is 4.79 Å². The first-order valence-corrected chi connectivity index (χ1v) is 8.74. The first-order valence-electron chi connectivity index (χ1n) is 7.51. The van der Waals surface area contributed by atoms with E-state index >= 15 is 0 Å². The smallest absolute Gasteiger partial charge is 0.267 e. The summed E-state index contributed by atoms with van der Waals surface area (Å²) in [5.41, 5.74) is 1.54. The van der Waals surface area contributed by atoms with Gasteiger partial charge in [0.1, 0.15) is 15.8 Å². The fourth-order valence-corrected chi connectivity index (χ4v) is 3.53. The number of aryl methyl sites for hydroxylation is 1. The monoisotopic (exact) mass is 372 g/mol.